The largest absolute Gasteiger partial charge is 0.354 e. The van der Waals surface area contributed by atoms with Crippen molar-refractivity contribution in [3.8, 4) is 0 Å². The van der Waals surface area contributed by atoms with E-state index in [0.717, 1.165) is 42.9 Å². The first-order valence-electron chi connectivity index (χ1n) is 8.15. The molecule has 0 radical (unpaired) electrons. The Morgan fingerprint density at radius 1 is 1.08 bits per heavy atom. The van der Waals surface area contributed by atoms with Gasteiger partial charge >= 0.3 is 0 Å². The number of nitrogens with zero attached hydrogens (tertiary/aromatic N) is 2. The SMILES string of the molecule is Cl.O=S(=O)(Nc1ccccc1)c1cc2c(N3CCNCC3)nccc2[nH]1. The second-order valence-corrected chi connectivity index (χ2v) is 7.59. The van der Waals surface area contributed by atoms with Gasteiger partial charge in [-0.1, -0.05) is 18.2 Å². The van der Waals surface area contributed by atoms with E-state index in [9.17, 15) is 8.42 Å². The number of hydrogen-bond donors (Lipinski definition) is 3. The van der Waals surface area contributed by atoms with E-state index in [0.29, 0.717) is 5.69 Å². The highest BCUT2D eigenvalue weighted by molar-refractivity contribution is 7.92. The summed E-state index contributed by atoms with van der Waals surface area (Å²) in [5.74, 6) is 0.816. The maximum atomic E-state index is 12.7. The summed E-state index contributed by atoms with van der Waals surface area (Å²) in [7, 11) is -3.69. The average molecular weight is 394 g/mol. The lowest BCUT2D eigenvalue weighted by molar-refractivity contribution is 0.586. The summed E-state index contributed by atoms with van der Waals surface area (Å²) in [5.41, 5.74) is 1.29. The van der Waals surface area contributed by atoms with Crippen LogP contribution in [0.2, 0.25) is 0 Å². The molecule has 3 heterocycles. The zero-order chi connectivity index (χ0) is 17.3. The van der Waals surface area contributed by atoms with Crippen LogP contribution in [0.25, 0.3) is 10.9 Å². The Kier molecular flexibility index (Phi) is 5.36. The van der Waals surface area contributed by atoms with Crippen LogP contribution < -0.4 is 14.9 Å². The van der Waals surface area contributed by atoms with Crippen LogP contribution in [0.3, 0.4) is 0 Å². The topological polar surface area (TPSA) is 90.1 Å². The lowest BCUT2D eigenvalue weighted by atomic mass is 10.2. The minimum absolute atomic E-state index is 0. The van der Waals surface area contributed by atoms with Crippen LogP contribution in [0.1, 0.15) is 0 Å². The monoisotopic (exact) mass is 393 g/mol. The normalized spacial score (nSPS) is 14.8. The van der Waals surface area contributed by atoms with Crippen LogP contribution in [-0.2, 0) is 10.0 Å². The standard InChI is InChI=1S/C17H19N5O2S.ClH/c23-25(24,21-13-4-2-1-3-5-13)16-12-14-15(20-16)6-7-19-17(14)22-10-8-18-9-11-22;/h1-7,12,18,20-21H,8-11H2;1H. The molecule has 1 aliphatic heterocycles. The third-order valence-corrected chi connectivity index (χ3v) is 5.54. The number of pyridine rings is 1. The van der Waals surface area contributed by atoms with Crippen molar-refractivity contribution in [3.63, 3.8) is 0 Å². The highest BCUT2D eigenvalue weighted by atomic mass is 35.5. The number of anilines is 2. The Labute approximate surface area is 158 Å². The van der Waals surface area contributed by atoms with E-state index in [4.69, 9.17) is 0 Å². The lowest BCUT2D eigenvalue weighted by Crippen LogP contribution is -2.43. The second kappa shape index (κ2) is 7.53. The number of hydrogen-bond acceptors (Lipinski definition) is 5. The zero-order valence-electron chi connectivity index (χ0n) is 14.0. The van der Waals surface area contributed by atoms with E-state index < -0.39 is 10.0 Å². The van der Waals surface area contributed by atoms with Crippen LogP contribution in [0.15, 0.2) is 53.7 Å². The summed E-state index contributed by atoms with van der Waals surface area (Å²) in [4.78, 5) is 9.65. The van der Waals surface area contributed by atoms with E-state index in [1.807, 2.05) is 6.07 Å². The molecule has 3 aromatic rings. The number of piperazine rings is 1. The quantitative estimate of drug-likeness (QED) is 0.632. The molecule has 4 rings (SSSR count). The maximum absolute atomic E-state index is 12.7. The van der Waals surface area contributed by atoms with Gasteiger partial charge in [0.25, 0.3) is 10.0 Å². The first-order chi connectivity index (χ1) is 12.1. The van der Waals surface area contributed by atoms with Crippen LogP contribution in [0, 0.1) is 0 Å². The fraction of sp³-hybridized carbons (Fsp3) is 0.235. The molecule has 1 fully saturated rings. The van der Waals surface area contributed by atoms with E-state index in [2.05, 4.69) is 24.9 Å². The smallest absolute Gasteiger partial charge is 0.277 e. The van der Waals surface area contributed by atoms with Gasteiger partial charge < -0.3 is 15.2 Å². The molecule has 7 nitrogen and oxygen atoms in total. The van der Waals surface area contributed by atoms with Crippen molar-refractivity contribution in [2.24, 2.45) is 0 Å². The number of rotatable bonds is 4. The molecule has 9 heteroatoms. The third kappa shape index (κ3) is 3.62. The van der Waals surface area contributed by atoms with Crippen molar-refractivity contribution in [1.82, 2.24) is 15.3 Å². The molecule has 2 aromatic heterocycles. The predicted octanol–water partition coefficient (Wildman–Crippen LogP) is 2.20. The summed E-state index contributed by atoms with van der Waals surface area (Å²) in [6.07, 6.45) is 1.71. The van der Waals surface area contributed by atoms with E-state index in [1.54, 1.807) is 42.6 Å². The molecule has 0 amide bonds. The van der Waals surface area contributed by atoms with Gasteiger partial charge in [0.2, 0.25) is 0 Å². The van der Waals surface area contributed by atoms with Crippen LogP contribution >= 0.6 is 12.4 Å². The molecule has 1 saturated heterocycles. The van der Waals surface area contributed by atoms with Crippen molar-refractivity contribution >= 4 is 44.8 Å². The Balaban J connectivity index is 0.00000196. The van der Waals surface area contributed by atoms with Gasteiger partial charge in [-0.15, -0.1) is 12.4 Å². The van der Waals surface area contributed by atoms with Crippen LogP contribution in [0.5, 0.6) is 0 Å². The minimum atomic E-state index is -3.69. The number of para-hydroxylation sites is 1. The minimum Gasteiger partial charge on any atom is -0.354 e. The van der Waals surface area contributed by atoms with Gasteiger partial charge in [-0.2, -0.15) is 8.42 Å². The molecule has 0 spiro atoms. The molecule has 0 aliphatic carbocycles. The number of halogens is 1. The molecular weight excluding hydrogens is 374 g/mol. The lowest BCUT2D eigenvalue weighted by Gasteiger charge is -2.28. The van der Waals surface area contributed by atoms with Crippen LogP contribution in [0.4, 0.5) is 11.5 Å². The highest BCUT2D eigenvalue weighted by Gasteiger charge is 2.21. The van der Waals surface area contributed by atoms with Gasteiger partial charge in [0, 0.05) is 43.4 Å². The molecule has 0 unspecified atom stereocenters. The Morgan fingerprint density at radius 3 is 2.54 bits per heavy atom. The summed E-state index contributed by atoms with van der Waals surface area (Å²) < 4.78 is 27.9. The fourth-order valence-electron chi connectivity index (χ4n) is 3.00. The number of aromatic amines is 1. The Hall–Kier alpha value is -2.29. The molecule has 1 aromatic carbocycles. The molecule has 0 bridgehead atoms. The predicted molar refractivity (Wildman–Crippen MR) is 106 cm³/mol. The number of H-pyrrole nitrogens is 1. The number of benzene rings is 1. The number of nitrogens with one attached hydrogen (secondary N) is 3. The van der Waals surface area contributed by atoms with Crippen molar-refractivity contribution in [1.29, 1.82) is 0 Å². The van der Waals surface area contributed by atoms with Gasteiger partial charge in [-0.3, -0.25) is 4.72 Å². The van der Waals surface area contributed by atoms with Crippen molar-refractivity contribution in [2.75, 3.05) is 35.8 Å². The molecule has 3 N–H and O–H groups in total. The van der Waals surface area contributed by atoms with Gasteiger partial charge in [-0.05, 0) is 24.3 Å². The molecule has 138 valence electrons. The zero-order valence-corrected chi connectivity index (χ0v) is 15.6. The molecule has 0 atom stereocenters. The van der Waals surface area contributed by atoms with Crippen molar-refractivity contribution in [3.05, 3.63) is 48.7 Å². The number of sulfonamides is 1. The Bertz CT molecular complexity index is 985. The first kappa shape index (κ1) is 18.5. The molecule has 0 saturated carbocycles. The van der Waals surface area contributed by atoms with Crippen molar-refractivity contribution < 1.29 is 8.42 Å². The van der Waals surface area contributed by atoms with Crippen LogP contribution in [-0.4, -0.2) is 44.6 Å². The third-order valence-electron chi connectivity index (χ3n) is 4.23. The van der Waals surface area contributed by atoms with Crippen molar-refractivity contribution in [2.45, 2.75) is 5.03 Å². The molecule has 26 heavy (non-hydrogen) atoms. The molecular formula is C17H20ClN5O2S. The highest BCUT2D eigenvalue weighted by Crippen LogP contribution is 2.28. The summed E-state index contributed by atoms with van der Waals surface area (Å²) >= 11 is 0. The van der Waals surface area contributed by atoms with Gasteiger partial charge in [-0.25, -0.2) is 4.98 Å². The summed E-state index contributed by atoms with van der Waals surface area (Å²) in [5, 5.41) is 4.26. The fourth-order valence-corrected chi connectivity index (χ4v) is 4.08. The summed E-state index contributed by atoms with van der Waals surface area (Å²) in [6, 6.07) is 12.3. The number of fused-ring (bicyclic) bond motifs is 1. The van der Waals surface area contributed by atoms with Gasteiger partial charge in [0.15, 0.2) is 5.03 Å². The Morgan fingerprint density at radius 2 is 1.81 bits per heavy atom. The van der Waals surface area contributed by atoms with Gasteiger partial charge in [0.1, 0.15) is 5.82 Å². The van der Waals surface area contributed by atoms with Gasteiger partial charge in [0.05, 0.1) is 5.52 Å². The first-order valence-corrected chi connectivity index (χ1v) is 9.63. The van der Waals surface area contributed by atoms with E-state index in [1.165, 1.54) is 0 Å². The van der Waals surface area contributed by atoms with E-state index >= 15 is 0 Å². The maximum Gasteiger partial charge on any atom is 0.277 e. The summed E-state index contributed by atoms with van der Waals surface area (Å²) in [6.45, 7) is 3.48. The molecule has 1 aliphatic rings. The second-order valence-electron chi connectivity index (χ2n) is 5.94. The average Bonchev–Trinajstić information content (AvgIpc) is 3.08. The number of aromatic nitrogens is 2. The van der Waals surface area contributed by atoms with E-state index in [-0.39, 0.29) is 17.4 Å².